The minimum Gasteiger partial charge on any atom is -0.494 e. The summed E-state index contributed by atoms with van der Waals surface area (Å²) in [6.45, 7) is 11.6. The van der Waals surface area contributed by atoms with E-state index < -0.39 is 11.9 Å². The summed E-state index contributed by atoms with van der Waals surface area (Å²) in [7, 11) is 0. The van der Waals surface area contributed by atoms with Crippen LogP contribution in [0.4, 0.5) is 0 Å². The molecule has 0 aromatic heterocycles. The molecule has 0 saturated carbocycles. The van der Waals surface area contributed by atoms with Gasteiger partial charge in [0.2, 0.25) is 0 Å². The number of aliphatic carboxylic acids is 2. The zero-order valence-electron chi connectivity index (χ0n) is 18.3. The molecule has 0 unspecified atom stereocenters. The zero-order valence-corrected chi connectivity index (χ0v) is 18.3. The highest BCUT2D eigenvalue weighted by molar-refractivity contribution is 6.27. The molecule has 2 aromatic carbocycles. The Balaban J connectivity index is 0.000000501. The Morgan fingerprint density at radius 2 is 1.13 bits per heavy atom. The highest BCUT2D eigenvalue weighted by atomic mass is 16.5. The van der Waals surface area contributed by atoms with Gasteiger partial charge < -0.3 is 14.9 Å². The van der Waals surface area contributed by atoms with Gasteiger partial charge in [0.1, 0.15) is 5.75 Å². The number of carboxylic acids is 2. The van der Waals surface area contributed by atoms with E-state index in [4.69, 9.17) is 24.5 Å². The Morgan fingerprint density at radius 1 is 0.742 bits per heavy atom. The van der Waals surface area contributed by atoms with Gasteiger partial charge in [0, 0.05) is 39.3 Å². The summed E-state index contributed by atoms with van der Waals surface area (Å²) in [6, 6.07) is 17.6. The number of ether oxygens (including phenoxy) is 1. The number of aryl methyl sites for hydroxylation is 1. The van der Waals surface area contributed by atoms with Crippen molar-refractivity contribution in [2.45, 2.75) is 33.4 Å². The van der Waals surface area contributed by atoms with Crippen LogP contribution in [0.2, 0.25) is 0 Å². The molecular weight excluding hydrogens is 396 g/mol. The molecule has 1 saturated heterocycles. The molecule has 1 aliphatic heterocycles. The van der Waals surface area contributed by atoms with E-state index in [1.165, 1.54) is 16.7 Å². The molecule has 1 aliphatic rings. The number of hydrogen-bond acceptors (Lipinski definition) is 5. The van der Waals surface area contributed by atoms with Crippen molar-refractivity contribution in [1.29, 1.82) is 0 Å². The molecule has 7 heteroatoms. The van der Waals surface area contributed by atoms with E-state index in [1.807, 2.05) is 6.92 Å². The van der Waals surface area contributed by atoms with E-state index in [-0.39, 0.29) is 0 Å². The monoisotopic (exact) mass is 428 g/mol. The van der Waals surface area contributed by atoms with E-state index in [1.54, 1.807) is 0 Å². The van der Waals surface area contributed by atoms with Gasteiger partial charge in [-0.05, 0) is 42.2 Å². The maximum Gasteiger partial charge on any atom is 0.414 e. The second-order valence-corrected chi connectivity index (χ2v) is 7.41. The average molecular weight is 429 g/mol. The number of carboxylic acid groups (broad SMARTS) is 2. The summed E-state index contributed by atoms with van der Waals surface area (Å²) in [5.74, 6) is -2.69. The molecule has 31 heavy (non-hydrogen) atoms. The summed E-state index contributed by atoms with van der Waals surface area (Å²) in [6.07, 6.45) is 1.12. The first-order valence-electron chi connectivity index (χ1n) is 10.6. The zero-order chi connectivity index (χ0) is 22.6. The van der Waals surface area contributed by atoms with Crippen LogP contribution < -0.4 is 4.74 Å². The fourth-order valence-electron chi connectivity index (χ4n) is 3.36. The fourth-order valence-corrected chi connectivity index (χ4v) is 3.36. The highest BCUT2D eigenvalue weighted by Gasteiger charge is 2.17. The smallest absolute Gasteiger partial charge is 0.414 e. The van der Waals surface area contributed by atoms with Crippen LogP contribution in [0.15, 0.2) is 48.5 Å². The lowest BCUT2D eigenvalue weighted by Crippen LogP contribution is -2.45. The Kier molecular flexibility index (Phi) is 10.00. The minimum atomic E-state index is -1.82. The molecule has 0 atom stereocenters. The van der Waals surface area contributed by atoms with Gasteiger partial charge in [0.05, 0.1) is 6.61 Å². The maximum atomic E-state index is 9.10. The Hall–Kier alpha value is -2.90. The van der Waals surface area contributed by atoms with E-state index in [9.17, 15) is 0 Å². The molecular formula is C24H32N2O5. The van der Waals surface area contributed by atoms with Gasteiger partial charge in [0.25, 0.3) is 0 Å². The fraction of sp³-hybridized carbons (Fsp3) is 0.417. The van der Waals surface area contributed by atoms with Crippen LogP contribution in [-0.2, 0) is 29.1 Å². The number of carbonyl (C=O) groups is 2. The number of benzene rings is 2. The molecule has 0 radical (unpaired) electrons. The summed E-state index contributed by atoms with van der Waals surface area (Å²) in [5.41, 5.74) is 4.22. The Labute approximate surface area is 183 Å². The summed E-state index contributed by atoms with van der Waals surface area (Å²) in [4.78, 5) is 23.3. The van der Waals surface area contributed by atoms with Gasteiger partial charge in [0.15, 0.2) is 0 Å². The van der Waals surface area contributed by atoms with E-state index >= 15 is 0 Å². The molecule has 2 aromatic rings. The Morgan fingerprint density at radius 3 is 1.48 bits per heavy atom. The second kappa shape index (κ2) is 12.7. The lowest BCUT2D eigenvalue weighted by atomic mass is 10.1. The molecule has 0 aliphatic carbocycles. The van der Waals surface area contributed by atoms with E-state index in [0.29, 0.717) is 0 Å². The third-order valence-corrected chi connectivity index (χ3v) is 5.13. The highest BCUT2D eigenvalue weighted by Crippen LogP contribution is 2.16. The van der Waals surface area contributed by atoms with Gasteiger partial charge >= 0.3 is 11.9 Å². The largest absolute Gasteiger partial charge is 0.494 e. The standard InChI is InChI=1S/C22H30N2O.C2H2O4/c1-3-19-5-7-20(8-6-19)17-23-13-15-24(16-14-23)18-21-9-11-22(12-10-21)25-4-2;3-1(4)2(5)6/h5-12H,3-4,13-18H2,1-2H3;(H,3,4)(H,5,6). The first kappa shape index (κ1) is 24.4. The molecule has 0 spiro atoms. The first-order valence-corrected chi connectivity index (χ1v) is 10.6. The Bertz CT molecular complexity index is 801. The summed E-state index contributed by atoms with van der Waals surface area (Å²) < 4.78 is 5.52. The maximum absolute atomic E-state index is 9.10. The predicted molar refractivity (Wildman–Crippen MR) is 119 cm³/mol. The SMILES string of the molecule is CCOc1ccc(CN2CCN(Cc3ccc(CC)cc3)CC2)cc1.O=C(O)C(=O)O. The van der Waals surface area contributed by atoms with Crippen LogP contribution >= 0.6 is 0 Å². The van der Waals surface area contributed by atoms with Crippen LogP contribution in [0.1, 0.15) is 30.5 Å². The summed E-state index contributed by atoms with van der Waals surface area (Å²) >= 11 is 0. The molecule has 168 valence electrons. The number of rotatable bonds is 7. The van der Waals surface area contributed by atoms with Crippen molar-refractivity contribution in [2.75, 3.05) is 32.8 Å². The molecule has 1 heterocycles. The van der Waals surface area contributed by atoms with Crippen molar-refractivity contribution < 1.29 is 24.5 Å². The summed E-state index contributed by atoms with van der Waals surface area (Å²) in [5, 5.41) is 14.8. The van der Waals surface area contributed by atoms with Gasteiger partial charge in [-0.3, -0.25) is 9.80 Å². The minimum absolute atomic E-state index is 0.725. The number of hydrogen-bond donors (Lipinski definition) is 2. The molecule has 1 fully saturated rings. The molecule has 3 rings (SSSR count). The topological polar surface area (TPSA) is 90.3 Å². The quantitative estimate of drug-likeness (QED) is 0.655. The second-order valence-electron chi connectivity index (χ2n) is 7.41. The third kappa shape index (κ3) is 8.78. The van der Waals surface area contributed by atoms with Crippen molar-refractivity contribution in [3.05, 3.63) is 65.2 Å². The van der Waals surface area contributed by atoms with Crippen molar-refractivity contribution >= 4 is 11.9 Å². The number of nitrogens with zero attached hydrogens (tertiary/aromatic N) is 2. The molecule has 0 bridgehead atoms. The number of piperazine rings is 1. The first-order chi connectivity index (χ1) is 14.9. The van der Waals surface area contributed by atoms with Crippen molar-refractivity contribution in [1.82, 2.24) is 9.80 Å². The average Bonchev–Trinajstić information content (AvgIpc) is 2.77. The molecule has 2 N–H and O–H groups in total. The van der Waals surface area contributed by atoms with E-state index in [0.717, 1.165) is 58.0 Å². The van der Waals surface area contributed by atoms with Gasteiger partial charge in [-0.15, -0.1) is 0 Å². The van der Waals surface area contributed by atoms with Crippen LogP contribution in [0, 0.1) is 0 Å². The van der Waals surface area contributed by atoms with Crippen LogP contribution in [0.5, 0.6) is 5.75 Å². The van der Waals surface area contributed by atoms with Crippen molar-refractivity contribution in [2.24, 2.45) is 0 Å². The van der Waals surface area contributed by atoms with E-state index in [2.05, 4.69) is 65.3 Å². The van der Waals surface area contributed by atoms with Crippen LogP contribution in [0.3, 0.4) is 0 Å². The van der Waals surface area contributed by atoms with Gasteiger partial charge in [-0.2, -0.15) is 0 Å². The third-order valence-electron chi connectivity index (χ3n) is 5.13. The van der Waals surface area contributed by atoms with Crippen LogP contribution in [-0.4, -0.2) is 64.7 Å². The van der Waals surface area contributed by atoms with Crippen LogP contribution in [0.25, 0.3) is 0 Å². The van der Waals surface area contributed by atoms with Crippen molar-refractivity contribution in [3.8, 4) is 5.75 Å². The lowest BCUT2D eigenvalue weighted by molar-refractivity contribution is -0.159. The van der Waals surface area contributed by atoms with Gasteiger partial charge in [-0.25, -0.2) is 9.59 Å². The predicted octanol–water partition coefficient (Wildman–Crippen LogP) is 3.12. The molecule has 0 amide bonds. The lowest BCUT2D eigenvalue weighted by Gasteiger charge is -2.34. The van der Waals surface area contributed by atoms with Crippen molar-refractivity contribution in [3.63, 3.8) is 0 Å². The van der Waals surface area contributed by atoms with Gasteiger partial charge in [-0.1, -0.05) is 43.3 Å². The normalized spacial score (nSPS) is 14.4. The molecule has 7 nitrogen and oxygen atoms in total.